The van der Waals surface area contributed by atoms with E-state index in [2.05, 4.69) is 45.4 Å². The Morgan fingerprint density at radius 3 is 2.96 bits per heavy atom. The van der Waals surface area contributed by atoms with Gasteiger partial charge in [-0.05, 0) is 36.9 Å². The van der Waals surface area contributed by atoms with Crippen LogP contribution in [0.15, 0.2) is 30.3 Å². The molecule has 1 atom stereocenters. The van der Waals surface area contributed by atoms with Gasteiger partial charge < -0.3 is 9.67 Å². The fourth-order valence-electron chi connectivity index (χ4n) is 3.61. The minimum atomic E-state index is -0.0539. The zero-order chi connectivity index (χ0) is 16.5. The van der Waals surface area contributed by atoms with Gasteiger partial charge in [-0.25, -0.2) is 0 Å². The molecule has 0 aliphatic carbocycles. The van der Waals surface area contributed by atoms with E-state index >= 15 is 0 Å². The van der Waals surface area contributed by atoms with Crippen molar-refractivity contribution < 1.29 is 5.11 Å². The second-order valence-electron chi connectivity index (χ2n) is 6.52. The molecule has 1 aromatic carbocycles. The molecule has 1 aliphatic rings. The molecule has 0 saturated carbocycles. The zero-order valence-electron chi connectivity index (χ0n) is 13.9. The summed E-state index contributed by atoms with van der Waals surface area (Å²) in [6, 6.07) is 10.9. The average Bonchev–Trinajstić information content (AvgIpc) is 3.17. The van der Waals surface area contributed by atoms with E-state index in [0.717, 1.165) is 31.9 Å². The molecule has 3 heterocycles. The molecule has 6 heteroatoms. The number of fused-ring (bicyclic) bond motifs is 1. The van der Waals surface area contributed by atoms with Gasteiger partial charge in [0.05, 0.1) is 0 Å². The lowest BCUT2D eigenvalue weighted by Gasteiger charge is -2.31. The highest BCUT2D eigenvalue weighted by atomic mass is 32.1. The number of aliphatic hydroxyl groups is 1. The van der Waals surface area contributed by atoms with Crippen LogP contribution in [-0.4, -0.2) is 37.9 Å². The lowest BCUT2D eigenvalue weighted by atomic mass is 9.97. The fourth-order valence-corrected chi connectivity index (χ4v) is 4.72. The number of nitrogens with zero attached hydrogens (tertiary/aromatic N) is 4. The number of rotatable bonds is 4. The van der Waals surface area contributed by atoms with Crippen LogP contribution in [0.3, 0.4) is 0 Å². The van der Waals surface area contributed by atoms with E-state index in [1.807, 2.05) is 23.0 Å². The maximum atomic E-state index is 9.31. The number of hydrogen-bond donors (Lipinski definition) is 1. The van der Waals surface area contributed by atoms with E-state index in [4.69, 9.17) is 0 Å². The minimum absolute atomic E-state index is 0.0539. The van der Waals surface area contributed by atoms with Crippen LogP contribution >= 0.6 is 11.3 Å². The van der Waals surface area contributed by atoms with Gasteiger partial charge in [-0.3, -0.25) is 4.90 Å². The van der Waals surface area contributed by atoms with Gasteiger partial charge in [-0.2, -0.15) is 0 Å². The van der Waals surface area contributed by atoms with E-state index < -0.39 is 0 Å². The summed E-state index contributed by atoms with van der Waals surface area (Å²) in [4.78, 5) is 3.94. The maximum Gasteiger partial charge on any atom is 0.158 e. The van der Waals surface area contributed by atoms with Gasteiger partial charge in [-0.15, -0.1) is 21.5 Å². The molecule has 1 fully saturated rings. The van der Waals surface area contributed by atoms with Crippen molar-refractivity contribution in [2.75, 3.05) is 13.1 Å². The fraction of sp³-hybridized carbons (Fsp3) is 0.444. The Balaban J connectivity index is 1.49. The Bertz CT molecular complexity index is 808. The van der Waals surface area contributed by atoms with Crippen LogP contribution in [0.1, 0.15) is 35.3 Å². The first-order valence-electron chi connectivity index (χ1n) is 8.43. The molecule has 126 valence electrons. The quantitative estimate of drug-likeness (QED) is 0.792. The SMILES string of the molecule is Cn1c(CO)nnc1[C@@H]1CCCN(Cc2cc3ccccc3s2)C1. The van der Waals surface area contributed by atoms with Crippen LogP contribution in [0.5, 0.6) is 0 Å². The lowest BCUT2D eigenvalue weighted by molar-refractivity contribution is 0.196. The molecule has 2 aromatic heterocycles. The third-order valence-electron chi connectivity index (χ3n) is 4.87. The number of aliphatic hydroxyl groups excluding tert-OH is 1. The van der Waals surface area contributed by atoms with Crippen molar-refractivity contribution in [2.45, 2.75) is 31.9 Å². The molecule has 5 nitrogen and oxygen atoms in total. The number of hydrogen-bond acceptors (Lipinski definition) is 5. The maximum absolute atomic E-state index is 9.31. The van der Waals surface area contributed by atoms with Crippen molar-refractivity contribution in [1.29, 1.82) is 0 Å². The summed E-state index contributed by atoms with van der Waals surface area (Å²) in [6.45, 7) is 3.09. The van der Waals surface area contributed by atoms with Crippen molar-refractivity contribution in [3.8, 4) is 0 Å². The number of piperidine rings is 1. The Morgan fingerprint density at radius 2 is 2.17 bits per heavy atom. The number of thiophene rings is 1. The normalized spacial score (nSPS) is 19.2. The van der Waals surface area contributed by atoms with Crippen molar-refractivity contribution in [3.63, 3.8) is 0 Å². The lowest BCUT2D eigenvalue weighted by Crippen LogP contribution is -2.34. The molecule has 1 aliphatic heterocycles. The number of aromatic nitrogens is 3. The van der Waals surface area contributed by atoms with E-state index in [1.165, 1.54) is 21.4 Å². The first kappa shape index (κ1) is 15.7. The van der Waals surface area contributed by atoms with Gasteiger partial charge in [0.25, 0.3) is 0 Å². The van der Waals surface area contributed by atoms with Crippen LogP contribution in [0.2, 0.25) is 0 Å². The Morgan fingerprint density at radius 1 is 1.29 bits per heavy atom. The molecule has 1 N–H and O–H groups in total. The molecular formula is C18H22N4OS. The topological polar surface area (TPSA) is 54.2 Å². The van der Waals surface area contributed by atoms with Crippen molar-refractivity contribution in [3.05, 3.63) is 46.9 Å². The van der Waals surface area contributed by atoms with Gasteiger partial charge in [0, 0.05) is 35.6 Å². The molecule has 0 amide bonds. The standard InChI is InChI=1S/C18H22N4OS/c1-21-17(12-23)19-20-18(21)14-6-4-8-22(10-14)11-15-9-13-5-2-3-7-16(13)24-15/h2-3,5,7,9,14,23H,4,6,8,10-12H2,1H3/t14-/m1/s1. The zero-order valence-corrected chi connectivity index (χ0v) is 14.7. The molecule has 3 aromatic rings. The first-order chi connectivity index (χ1) is 11.7. The number of benzene rings is 1. The van der Waals surface area contributed by atoms with Crippen molar-refractivity contribution >= 4 is 21.4 Å². The van der Waals surface area contributed by atoms with Crippen LogP contribution < -0.4 is 0 Å². The van der Waals surface area contributed by atoms with E-state index in [1.54, 1.807) is 0 Å². The third-order valence-corrected chi connectivity index (χ3v) is 5.97. The second-order valence-corrected chi connectivity index (χ2v) is 7.68. The molecule has 0 radical (unpaired) electrons. The molecule has 1 saturated heterocycles. The summed E-state index contributed by atoms with van der Waals surface area (Å²) >= 11 is 1.89. The Hall–Kier alpha value is -1.76. The predicted molar refractivity (Wildman–Crippen MR) is 96.0 cm³/mol. The molecule has 0 spiro atoms. The molecule has 0 bridgehead atoms. The van der Waals surface area contributed by atoms with E-state index in [-0.39, 0.29) is 6.61 Å². The summed E-state index contributed by atoms with van der Waals surface area (Å²) in [6.07, 6.45) is 2.32. The van der Waals surface area contributed by atoms with Crippen molar-refractivity contribution in [1.82, 2.24) is 19.7 Å². The van der Waals surface area contributed by atoms with E-state index in [9.17, 15) is 5.11 Å². The monoisotopic (exact) mass is 342 g/mol. The van der Waals surface area contributed by atoms with Gasteiger partial charge in [0.1, 0.15) is 12.4 Å². The average molecular weight is 342 g/mol. The predicted octanol–water partition coefficient (Wildman–Crippen LogP) is 2.90. The van der Waals surface area contributed by atoms with Crippen LogP contribution in [0.25, 0.3) is 10.1 Å². The van der Waals surface area contributed by atoms with Crippen LogP contribution in [0.4, 0.5) is 0 Å². The van der Waals surface area contributed by atoms with Crippen LogP contribution in [-0.2, 0) is 20.2 Å². The summed E-state index contributed by atoms with van der Waals surface area (Å²) in [7, 11) is 1.95. The largest absolute Gasteiger partial charge is 0.388 e. The van der Waals surface area contributed by atoms with Gasteiger partial charge >= 0.3 is 0 Å². The smallest absolute Gasteiger partial charge is 0.158 e. The van der Waals surface area contributed by atoms with Gasteiger partial charge in [0.15, 0.2) is 5.82 Å². The molecule has 4 rings (SSSR count). The summed E-state index contributed by atoms with van der Waals surface area (Å²) in [5.74, 6) is 2.04. The van der Waals surface area contributed by atoms with Crippen molar-refractivity contribution in [2.24, 2.45) is 7.05 Å². The number of likely N-dealkylation sites (tertiary alicyclic amines) is 1. The molecule has 24 heavy (non-hydrogen) atoms. The highest BCUT2D eigenvalue weighted by Crippen LogP contribution is 2.30. The Labute approximate surface area is 145 Å². The summed E-state index contributed by atoms with van der Waals surface area (Å²) < 4.78 is 3.31. The highest BCUT2D eigenvalue weighted by Gasteiger charge is 2.26. The minimum Gasteiger partial charge on any atom is -0.388 e. The second kappa shape index (κ2) is 6.63. The van der Waals surface area contributed by atoms with E-state index in [0.29, 0.717) is 11.7 Å². The van der Waals surface area contributed by atoms with Gasteiger partial charge in [0.2, 0.25) is 0 Å². The van der Waals surface area contributed by atoms with Crippen LogP contribution in [0, 0.1) is 0 Å². The summed E-state index contributed by atoms with van der Waals surface area (Å²) in [5.41, 5.74) is 0. The Kier molecular flexibility index (Phi) is 4.35. The molecule has 0 unspecified atom stereocenters. The molecular weight excluding hydrogens is 320 g/mol. The summed E-state index contributed by atoms with van der Waals surface area (Å²) in [5, 5.41) is 19.1. The van der Waals surface area contributed by atoms with Gasteiger partial charge in [-0.1, -0.05) is 18.2 Å². The highest BCUT2D eigenvalue weighted by molar-refractivity contribution is 7.19. The third kappa shape index (κ3) is 2.97. The first-order valence-corrected chi connectivity index (χ1v) is 9.25.